The highest BCUT2D eigenvalue weighted by atomic mass is 16.5. The zero-order chi connectivity index (χ0) is 20.6. The van der Waals surface area contributed by atoms with Gasteiger partial charge in [0.05, 0.1) is 13.2 Å². The number of carbonyl (C=O) groups excluding carboxylic acids is 2. The van der Waals surface area contributed by atoms with Crippen LogP contribution in [0.25, 0.3) is 0 Å². The van der Waals surface area contributed by atoms with E-state index >= 15 is 0 Å². The fourth-order valence-electron chi connectivity index (χ4n) is 3.07. The molecule has 0 spiro atoms. The molecule has 0 saturated heterocycles. The standard InChI is InChI=1S/C25H32O4/c26-24(28-20-10-16-22-12-4-1-5-13-22)18-8-3-9-19-25(27)29-21-11-17-23-14-6-2-7-15-23/h1-2,4-7,12-15H,3,8-11,16-21H2. The molecule has 4 nitrogen and oxygen atoms in total. The summed E-state index contributed by atoms with van der Waals surface area (Å²) < 4.78 is 10.5. The van der Waals surface area contributed by atoms with Gasteiger partial charge in [-0.15, -0.1) is 0 Å². The molecule has 0 amide bonds. The molecule has 0 N–H and O–H groups in total. The molecule has 0 fully saturated rings. The van der Waals surface area contributed by atoms with Crippen molar-refractivity contribution in [1.29, 1.82) is 0 Å². The monoisotopic (exact) mass is 396 g/mol. The van der Waals surface area contributed by atoms with E-state index in [9.17, 15) is 9.59 Å². The molecule has 29 heavy (non-hydrogen) atoms. The van der Waals surface area contributed by atoms with Crippen molar-refractivity contribution < 1.29 is 19.1 Å². The summed E-state index contributed by atoms with van der Waals surface area (Å²) >= 11 is 0. The topological polar surface area (TPSA) is 52.6 Å². The normalized spacial score (nSPS) is 10.5. The Morgan fingerprint density at radius 1 is 0.552 bits per heavy atom. The van der Waals surface area contributed by atoms with Crippen LogP contribution in [-0.2, 0) is 31.9 Å². The van der Waals surface area contributed by atoms with Crippen LogP contribution in [0.15, 0.2) is 60.7 Å². The van der Waals surface area contributed by atoms with E-state index in [1.54, 1.807) is 0 Å². The van der Waals surface area contributed by atoms with Crippen LogP contribution in [0, 0.1) is 0 Å². The highest BCUT2D eigenvalue weighted by Crippen LogP contribution is 2.08. The molecule has 0 aliphatic carbocycles. The highest BCUT2D eigenvalue weighted by molar-refractivity contribution is 5.69. The van der Waals surface area contributed by atoms with E-state index in [4.69, 9.17) is 9.47 Å². The molecule has 156 valence electrons. The fourth-order valence-corrected chi connectivity index (χ4v) is 3.07. The van der Waals surface area contributed by atoms with Crippen molar-refractivity contribution in [3.8, 4) is 0 Å². The van der Waals surface area contributed by atoms with E-state index in [1.165, 1.54) is 11.1 Å². The lowest BCUT2D eigenvalue weighted by molar-refractivity contribution is -0.144. The summed E-state index contributed by atoms with van der Waals surface area (Å²) in [6.45, 7) is 0.923. The predicted octanol–water partition coefficient (Wildman–Crippen LogP) is 5.29. The molecule has 0 radical (unpaired) electrons. The van der Waals surface area contributed by atoms with Crippen molar-refractivity contribution in [2.45, 2.75) is 57.8 Å². The minimum absolute atomic E-state index is 0.151. The van der Waals surface area contributed by atoms with Crippen LogP contribution in [0.1, 0.15) is 56.1 Å². The van der Waals surface area contributed by atoms with Crippen molar-refractivity contribution in [3.63, 3.8) is 0 Å². The SMILES string of the molecule is O=C(CCCCCC(=O)OCCCc1ccccc1)OCCCc1ccccc1. The lowest BCUT2D eigenvalue weighted by atomic mass is 10.1. The first-order valence-corrected chi connectivity index (χ1v) is 10.6. The Balaban J connectivity index is 1.38. The number of hydrogen-bond donors (Lipinski definition) is 0. The number of aryl methyl sites for hydroxylation is 2. The maximum absolute atomic E-state index is 11.7. The van der Waals surface area contributed by atoms with Gasteiger partial charge in [-0.2, -0.15) is 0 Å². The Bertz CT molecular complexity index is 636. The number of rotatable bonds is 14. The summed E-state index contributed by atoms with van der Waals surface area (Å²) in [5.74, 6) is -0.303. The molecule has 2 rings (SSSR count). The van der Waals surface area contributed by atoms with E-state index in [0.29, 0.717) is 26.1 Å². The van der Waals surface area contributed by atoms with E-state index in [-0.39, 0.29) is 11.9 Å². The van der Waals surface area contributed by atoms with Crippen LogP contribution >= 0.6 is 0 Å². The molecule has 0 aromatic heterocycles. The van der Waals surface area contributed by atoms with Crippen LogP contribution in [0.4, 0.5) is 0 Å². The third-order valence-electron chi connectivity index (χ3n) is 4.69. The summed E-state index contributed by atoms with van der Waals surface area (Å²) in [5, 5.41) is 0. The van der Waals surface area contributed by atoms with Gasteiger partial charge in [0, 0.05) is 12.8 Å². The lowest BCUT2D eigenvalue weighted by Crippen LogP contribution is -2.07. The van der Waals surface area contributed by atoms with Crippen molar-refractivity contribution in [2.24, 2.45) is 0 Å². The highest BCUT2D eigenvalue weighted by Gasteiger charge is 2.05. The average molecular weight is 397 g/mol. The van der Waals surface area contributed by atoms with E-state index in [2.05, 4.69) is 24.3 Å². The second kappa shape index (κ2) is 14.4. The second-order valence-corrected chi connectivity index (χ2v) is 7.18. The molecule has 0 bridgehead atoms. The van der Waals surface area contributed by atoms with Crippen molar-refractivity contribution >= 4 is 11.9 Å². The molecule has 4 heteroatoms. The molecule has 0 saturated carbocycles. The molecular weight excluding hydrogens is 364 g/mol. The van der Waals surface area contributed by atoms with Crippen molar-refractivity contribution in [2.75, 3.05) is 13.2 Å². The third-order valence-corrected chi connectivity index (χ3v) is 4.69. The van der Waals surface area contributed by atoms with E-state index < -0.39 is 0 Å². The molecule has 0 atom stereocenters. The summed E-state index contributed by atoms with van der Waals surface area (Å²) in [6, 6.07) is 20.4. The van der Waals surface area contributed by atoms with Gasteiger partial charge in [0.15, 0.2) is 0 Å². The zero-order valence-corrected chi connectivity index (χ0v) is 17.2. The number of ether oxygens (including phenoxy) is 2. The number of hydrogen-bond acceptors (Lipinski definition) is 4. The van der Waals surface area contributed by atoms with Gasteiger partial charge >= 0.3 is 11.9 Å². The van der Waals surface area contributed by atoms with Crippen LogP contribution < -0.4 is 0 Å². The van der Waals surface area contributed by atoms with Gasteiger partial charge in [-0.25, -0.2) is 0 Å². The Morgan fingerprint density at radius 2 is 0.966 bits per heavy atom. The zero-order valence-electron chi connectivity index (χ0n) is 17.2. The minimum atomic E-state index is -0.151. The maximum atomic E-state index is 11.7. The summed E-state index contributed by atoms with van der Waals surface area (Å²) in [4.78, 5) is 23.5. The van der Waals surface area contributed by atoms with Gasteiger partial charge in [0.1, 0.15) is 0 Å². The van der Waals surface area contributed by atoms with Gasteiger partial charge in [0.25, 0.3) is 0 Å². The van der Waals surface area contributed by atoms with Crippen LogP contribution in [-0.4, -0.2) is 25.2 Å². The molecule has 0 heterocycles. The summed E-state index contributed by atoms with van der Waals surface area (Å²) in [5.41, 5.74) is 2.52. The van der Waals surface area contributed by atoms with Gasteiger partial charge in [-0.05, 0) is 49.7 Å². The smallest absolute Gasteiger partial charge is 0.305 e. The number of esters is 2. The Labute approximate surface area is 174 Å². The van der Waals surface area contributed by atoms with Crippen LogP contribution in [0.2, 0.25) is 0 Å². The Hall–Kier alpha value is -2.62. The van der Waals surface area contributed by atoms with Crippen LogP contribution in [0.5, 0.6) is 0 Å². The fraction of sp³-hybridized carbons (Fsp3) is 0.440. The first kappa shape index (κ1) is 22.7. The van der Waals surface area contributed by atoms with Gasteiger partial charge in [-0.1, -0.05) is 67.1 Å². The first-order chi connectivity index (χ1) is 14.2. The van der Waals surface area contributed by atoms with Gasteiger partial charge in [-0.3, -0.25) is 9.59 Å². The maximum Gasteiger partial charge on any atom is 0.305 e. The quantitative estimate of drug-likeness (QED) is 0.322. The molecular formula is C25H32O4. The second-order valence-electron chi connectivity index (χ2n) is 7.18. The number of benzene rings is 2. The van der Waals surface area contributed by atoms with Crippen molar-refractivity contribution in [1.82, 2.24) is 0 Å². The van der Waals surface area contributed by atoms with Crippen molar-refractivity contribution in [3.05, 3.63) is 71.8 Å². The van der Waals surface area contributed by atoms with E-state index in [0.717, 1.165) is 44.9 Å². The van der Waals surface area contributed by atoms with E-state index in [1.807, 2.05) is 36.4 Å². The molecule has 2 aromatic carbocycles. The Morgan fingerprint density at radius 3 is 1.38 bits per heavy atom. The summed E-state index contributed by atoms with van der Waals surface area (Å²) in [6.07, 6.45) is 6.67. The van der Waals surface area contributed by atoms with Gasteiger partial charge in [0.2, 0.25) is 0 Å². The molecule has 2 aromatic rings. The number of unbranched alkanes of at least 4 members (excludes halogenated alkanes) is 2. The van der Waals surface area contributed by atoms with Gasteiger partial charge < -0.3 is 9.47 Å². The third kappa shape index (κ3) is 11.1. The molecule has 0 unspecified atom stereocenters. The molecule has 0 aliphatic rings. The minimum Gasteiger partial charge on any atom is -0.466 e. The predicted molar refractivity (Wildman–Crippen MR) is 115 cm³/mol. The number of carbonyl (C=O) groups is 2. The Kier molecular flexibility index (Phi) is 11.2. The van der Waals surface area contributed by atoms with Crippen LogP contribution in [0.3, 0.4) is 0 Å². The molecule has 0 aliphatic heterocycles. The largest absolute Gasteiger partial charge is 0.466 e. The summed E-state index contributed by atoms with van der Waals surface area (Å²) in [7, 11) is 0. The average Bonchev–Trinajstić information content (AvgIpc) is 2.75. The lowest BCUT2D eigenvalue weighted by Gasteiger charge is -2.06. The first-order valence-electron chi connectivity index (χ1n) is 10.6.